The zero-order valence-electron chi connectivity index (χ0n) is 13.9. The van der Waals surface area contributed by atoms with E-state index >= 15 is 0 Å². The second-order valence-electron chi connectivity index (χ2n) is 4.80. The van der Waals surface area contributed by atoms with E-state index in [2.05, 4.69) is 9.93 Å². The van der Waals surface area contributed by atoms with E-state index in [0.29, 0.717) is 11.3 Å². The van der Waals surface area contributed by atoms with Crippen LogP contribution in [0.4, 0.5) is 0 Å². The lowest BCUT2D eigenvalue weighted by Crippen LogP contribution is -2.18. The first-order chi connectivity index (χ1) is 11.9. The minimum atomic E-state index is -3.81. The molecule has 0 aromatic heterocycles. The lowest BCUT2D eigenvalue weighted by molar-refractivity contribution is 0.340. The van der Waals surface area contributed by atoms with Crippen LogP contribution in [0.25, 0.3) is 0 Å². The molecular formula is C16H18N2O6S. The molecule has 0 aliphatic carbocycles. The third-order valence-electron chi connectivity index (χ3n) is 3.26. The number of benzene rings is 2. The summed E-state index contributed by atoms with van der Waals surface area (Å²) in [7, 11) is 0.463. The van der Waals surface area contributed by atoms with E-state index < -0.39 is 10.0 Å². The van der Waals surface area contributed by atoms with Crippen LogP contribution in [0.5, 0.6) is 23.0 Å². The molecule has 9 heteroatoms. The Morgan fingerprint density at radius 2 is 1.56 bits per heavy atom. The van der Waals surface area contributed by atoms with Crippen LogP contribution in [0.3, 0.4) is 0 Å². The van der Waals surface area contributed by atoms with Crippen molar-refractivity contribution in [3.05, 3.63) is 42.0 Å². The molecule has 0 heterocycles. The number of hydrogen-bond donors (Lipinski definition) is 2. The van der Waals surface area contributed by atoms with Gasteiger partial charge in [-0.15, -0.1) is 0 Å². The third kappa shape index (κ3) is 4.32. The molecule has 0 radical (unpaired) electrons. The molecule has 2 aromatic carbocycles. The second kappa shape index (κ2) is 7.75. The van der Waals surface area contributed by atoms with Gasteiger partial charge < -0.3 is 19.3 Å². The van der Waals surface area contributed by atoms with Crippen LogP contribution in [-0.4, -0.2) is 41.1 Å². The van der Waals surface area contributed by atoms with Gasteiger partial charge in [-0.25, -0.2) is 4.83 Å². The highest BCUT2D eigenvalue weighted by Crippen LogP contribution is 2.36. The molecule has 8 nitrogen and oxygen atoms in total. The molecule has 0 spiro atoms. The van der Waals surface area contributed by atoms with E-state index in [4.69, 9.17) is 14.2 Å². The number of ether oxygens (including phenoxy) is 3. The first-order valence-electron chi connectivity index (χ1n) is 7.05. The largest absolute Gasteiger partial charge is 0.502 e. The van der Waals surface area contributed by atoms with Crippen molar-refractivity contribution in [2.75, 3.05) is 21.3 Å². The Bertz CT molecular complexity index is 838. The highest BCUT2D eigenvalue weighted by molar-refractivity contribution is 7.89. The van der Waals surface area contributed by atoms with Gasteiger partial charge in [-0.1, -0.05) is 0 Å². The Morgan fingerprint density at radius 1 is 1.00 bits per heavy atom. The molecule has 25 heavy (non-hydrogen) atoms. The minimum Gasteiger partial charge on any atom is -0.502 e. The molecule has 0 unspecified atom stereocenters. The summed E-state index contributed by atoms with van der Waals surface area (Å²) in [5, 5.41) is 13.6. The predicted molar refractivity (Wildman–Crippen MR) is 92.1 cm³/mol. The fourth-order valence-electron chi connectivity index (χ4n) is 1.97. The van der Waals surface area contributed by atoms with E-state index in [1.54, 1.807) is 0 Å². The van der Waals surface area contributed by atoms with Crippen LogP contribution < -0.4 is 19.0 Å². The molecule has 2 rings (SSSR count). The summed E-state index contributed by atoms with van der Waals surface area (Å²) in [5.41, 5.74) is 0.476. The van der Waals surface area contributed by atoms with Crippen molar-refractivity contribution < 1.29 is 27.7 Å². The topological polar surface area (TPSA) is 106 Å². The Kier molecular flexibility index (Phi) is 5.71. The van der Waals surface area contributed by atoms with Gasteiger partial charge in [0.1, 0.15) is 5.75 Å². The highest BCUT2D eigenvalue weighted by Gasteiger charge is 2.13. The fraction of sp³-hybridized carbons (Fsp3) is 0.188. The van der Waals surface area contributed by atoms with Crippen LogP contribution in [0.1, 0.15) is 5.56 Å². The van der Waals surface area contributed by atoms with Gasteiger partial charge in [-0.2, -0.15) is 13.5 Å². The molecule has 0 fully saturated rings. The Balaban J connectivity index is 2.19. The minimum absolute atomic E-state index is 0.0475. The first-order valence-corrected chi connectivity index (χ1v) is 8.53. The monoisotopic (exact) mass is 366 g/mol. The van der Waals surface area contributed by atoms with Gasteiger partial charge in [0.25, 0.3) is 10.0 Å². The smallest absolute Gasteiger partial charge is 0.276 e. The van der Waals surface area contributed by atoms with Crippen molar-refractivity contribution in [1.29, 1.82) is 0 Å². The maximum absolute atomic E-state index is 12.2. The van der Waals surface area contributed by atoms with Gasteiger partial charge in [-0.3, -0.25) is 0 Å². The summed E-state index contributed by atoms with van der Waals surface area (Å²) in [5.74, 6) is 0.754. The summed E-state index contributed by atoms with van der Waals surface area (Å²) < 4.78 is 39.4. The molecule has 0 saturated heterocycles. The molecule has 0 saturated carbocycles. The summed E-state index contributed by atoms with van der Waals surface area (Å²) >= 11 is 0. The average Bonchev–Trinajstić information content (AvgIpc) is 2.62. The van der Waals surface area contributed by atoms with E-state index in [1.807, 2.05) is 0 Å². The maximum Gasteiger partial charge on any atom is 0.276 e. The number of nitrogens with zero attached hydrogens (tertiary/aromatic N) is 1. The summed E-state index contributed by atoms with van der Waals surface area (Å²) in [6.45, 7) is 0. The number of sulfonamides is 1. The number of rotatable bonds is 7. The van der Waals surface area contributed by atoms with Gasteiger partial charge in [0.05, 0.1) is 32.4 Å². The second-order valence-corrected chi connectivity index (χ2v) is 6.46. The van der Waals surface area contributed by atoms with E-state index in [1.165, 1.54) is 63.9 Å². The number of phenolic OH excluding ortho intramolecular Hbond substituents is 1. The van der Waals surface area contributed by atoms with Crippen molar-refractivity contribution in [2.45, 2.75) is 4.90 Å². The number of phenols is 1. The van der Waals surface area contributed by atoms with Crippen molar-refractivity contribution in [3.8, 4) is 23.0 Å². The zero-order valence-corrected chi connectivity index (χ0v) is 14.7. The molecule has 0 amide bonds. The summed E-state index contributed by atoms with van der Waals surface area (Å²) in [4.78, 5) is 2.16. The average molecular weight is 366 g/mol. The van der Waals surface area contributed by atoms with E-state index in [9.17, 15) is 13.5 Å². The number of methoxy groups -OCH3 is 3. The van der Waals surface area contributed by atoms with Crippen molar-refractivity contribution in [3.63, 3.8) is 0 Å². The van der Waals surface area contributed by atoms with Crippen LogP contribution in [0.2, 0.25) is 0 Å². The molecule has 2 N–H and O–H groups in total. The van der Waals surface area contributed by atoms with Crippen LogP contribution in [0, 0.1) is 0 Å². The van der Waals surface area contributed by atoms with Gasteiger partial charge in [0, 0.05) is 5.56 Å². The molecule has 0 aliphatic heterocycles. The quantitative estimate of drug-likeness (QED) is 0.571. The Labute approximate surface area is 145 Å². The molecule has 0 aliphatic rings. The van der Waals surface area contributed by atoms with Crippen molar-refractivity contribution in [1.82, 2.24) is 4.83 Å². The Hall–Kier alpha value is -2.94. The van der Waals surface area contributed by atoms with Crippen LogP contribution >= 0.6 is 0 Å². The number of hydrogen-bond acceptors (Lipinski definition) is 7. The maximum atomic E-state index is 12.2. The predicted octanol–water partition coefficient (Wildman–Crippen LogP) is 1.73. The zero-order chi connectivity index (χ0) is 18.4. The number of hydrazone groups is 1. The van der Waals surface area contributed by atoms with Crippen LogP contribution in [0.15, 0.2) is 46.4 Å². The van der Waals surface area contributed by atoms with Gasteiger partial charge in [0.2, 0.25) is 5.75 Å². The molecule has 134 valence electrons. The lowest BCUT2D eigenvalue weighted by atomic mass is 10.2. The van der Waals surface area contributed by atoms with E-state index in [0.717, 1.165) is 0 Å². The molecule has 2 aromatic rings. The van der Waals surface area contributed by atoms with Gasteiger partial charge >= 0.3 is 0 Å². The number of aromatic hydroxyl groups is 1. The van der Waals surface area contributed by atoms with Gasteiger partial charge in [-0.05, 0) is 36.4 Å². The first kappa shape index (κ1) is 18.4. The van der Waals surface area contributed by atoms with E-state index in [-0.39, 0.29) is 22.1 Å². The normalized spacial score (nSPS) is 11.3. The van der Waals surface area contributed by atoms with Gasteiger partial charge in [0.15, 0.2) is 11.5 Å². The lowest BCUT2D eigenvalue weighted by Gasteiger charge is -2.09. The third-order valence-corrected chi connectivity index (χ3v) is 4.50. The molecule has 0 atom stereocenters. The van der Waals surface area contributed by atoms with Crippen molar-refractivity contribution >= 4 is 16.2 Å². The Morgan fingerprint density at radius 3 is 2.04 bits per heavy atom. The van der Waals surface area contributed by atoms with Crippen LogP contribution in [-0.2, 0) is 10.0 Å². The number of nitrogens with one attached hydrogen (secondary N) is 1. The SMILES string of the molecule is COc1ccc(S(=O)(=O)N/N=C\c2cc(OC)c(O)c(OC)c2)cc1. The summed E-state index contributed by atoms with van der Waals surface area (Å²) in [6.07, 6.45) is 1.27. The highest BCUT2D eigenvalue weighted by atomic mass is 32.2. The molecular weight excluding hydrogens is 348 g/mol. The standard InChI is InChI=1S/C16H18N2O6S/c1-22-12-4-6-13(7-5-12)25(20,21)18-17-10-11-8-14(23-2)16(19)15(9-11)24-3/h4-10,18-19H,1-3H3/b17-10-. The summed E-state index contributed by atoms with van der Waals surface area (Å²) in [6, 6.07) is 8.86. The molecule has 0 bridgehead atoms. The fourth-order valence-corrected chi connectivity index (χ4v) is 2.76. The van der Waals surface area contributed by atoms with Crippen molar-refractivity contribution in [2.24, 2.45) is 5.10 Å².